The van der Waals surface area contributed by atoms with Crippen LogP contribution in [0.3, 0.4) is 0 Å². The van der Waals surface area contributed by atoms with E-state index in [4.69, 9.17) is 16.9 Å². The van der Waals surface area contributed by atoms with Crippen LogP contribution >= 0.6 is 27.5 Å². The third-order valence-corrected chi connectivity index (χ3v) is 2.30. The number of nitriles is 1. The smallest absolute Gasteiger partial charge is 0.194 e. The highest BCUT2D eigenvalue weighted by atomic mass is 79.9. The number of rotatable bonds is 2. The Morgan fingerprint density at radius 1 is 1.46 bits per heavy atom. The molecule has 13 heavy (non-hydrogen) atoms. The van der Waals surface area contributed by atoms with Gasteiger partial charge >= 0.3 is 0 Å². The molecule has 0 aliphatic heterocycles. The molecule has 0 spiro atoms. The summed E-state index contributed by atoms with van der Waals surface area (Å²) < 4.78 is 0.882. The van der Waals surface area contributed by atoms with Gasteiger partial charge in [-0.3, -0.25) is 4.79 Å². The van der Waals surface area contributed by atoms with Gasteiger partial charge in [0.1, 0.15) is 0 Å². The molecule has 0 aliphatic carbocycles. The van der Waals surface area contributed by atoms with Crippen LogP contribution in [0.4, 0.5) is 0 Å². The second kappa shape index (κ2) is 4.40. The van der Waals surface area contributed by atoms with Crippen LogP contribution in [0.15, 0.2) is 28.7 Å². The number of carbonyl (C=O) groups excluding carboxylic acids is 1. The molecule has 1 atom stereocenters. The van der Waals surface area contributed by atoms with Crippen molar-refractivity contribution in [3.8, 4) is 6.07 Å². The van der Waals surface area contributed by atoms with E-state index in [-0.39, 0.29) is 5.78 Å². The van der Waals surface area contributed by atoms with Crippen LogP contribution < -0.4 is 0 Å². The van der Waals surface area contributed by atoms with Crippen LogP contribution in [-0.2, 0) is 0 Å². The zero-order valence-corrected chi connectivity index (χ0v) is 8.84. The number of carbonyl (C=O) groups is 1. The Hall–Kier alpha value is -0.850. The molecule has 0 heterocycles. The SMILES string of the molecule is N#CC(Cl)C(=O)c1ccc(Br)cc1. The Morgan fingerprint density at radius 2 is 2.00 bits per heavy atom. The summed E-state index contributed by atoms with van der Waals surface area (Å²) in [4.78, 5) is 11.3. The summed E-state index contributed by atoms with van der Waals surface area (Å²) in [5.74, 6) is -0.364. The van der Waals surface area contributed by atoms with Crippen molar-refractivity contribution in [2.75, 3.05) is 0 Å². The largest absolute Gasteiger partial charge is 0.291 e. The number of ketones is 1. The Bertz CT molecular complexity index is 355. The lowest BCUT2D eigenvalue weighted by Gasteiger charge is -1.99. The molecule has 0 saturated heterocycles. The number of benzene rings is 1. The second-order valence-corrected chi connectivity index (χ2v) is 3.71. The first-order valence-corrected chi connectivity index (χ1v) is 4.71. The van der Waals surface area contributed by atoms with Crippen molar-refractivity contribution in [3.63, 3.8) is 0 Å². The summed E-state index contributed by atoms with van der Waals surface area (Å²) >= 11 is 8.71. The maximum Gasteiger partial charge on any atom is 0.194 e. The van der Waals surface area contributed by atoms with E-state index in [9.17, 15) is 4.79 Å². The van der Waals surface area contributed by atoms with Gasteiger partial charge < -0.3 is 0 Å². The minimum atomic E-state index is -1.10. The summed E-state index contributed by atoms with van der Waals surface area (Å²) in [6, 6.07) is 8.39. The van der Waals surface area contributed by atoms with E-state index in [1.807, 2.05) is 0 Å². The monoisotopic (exact) mass is 257 g/mol. The molecule has 0 aliphatic rings. The Balaban J connectivity index is 2.91. The van der Waals surface area contributed by atoms with Crippen LogP contribution in [0.1, 0.15) is 10.4 Å². The number of hydrogen-bond donors (Lipinski definition) is 0. The first kappa shape index (κ1) is 10.2. The van der Waals surface area contributed by atoms with Crippen molar-refractivity contribution < 1.29 is 4.79 Å². The molecule has 1 aromatic carbocycles. The molecule has 0 saturated carbocycles. The number of halogens is 2. The van der Waals surface area contributed by atoms with Crippen LogP contribution in [0.5, 0.6) is 0 Å². The molecule has 0 amide bonds. The third kappa shape index (κ3) is 2.55. The molecule has 2 nitrogen and oxygen atoms in total. The van der Waals surface area contributed by atoms with Gasteiger partial charge in [-0.1, -0.05) is 39.7 Å². The van der Waals surface area contributed by atoms with Crippen molar-refractivity contribution in [1.29, 1.82) is 5.26 Å². The predicted molar refractivity (Wildman–Crippen MR) is 53.7 cm³/mol. The second-order valence-electron chi connectivity index (χ2n) is 2.36. The molecule has 0 fully saturated rings. The van der Waals surface area contributed by atoms with E-state index < -0.39 is 5.38 Å². The van der Waals surface area contributed by atoms with Crippen LogP contribution in [0, 0.1) is 11.3 Å². The summed E-state index contributed by atoms with van der Waals surface area (Å²) in [5.41, 5.74) is 0.449. The van der Waals surface area contributed by atoms with Crippen LogP contribution in [-0.4, -0.2) is 11.2 Å². The number of hydrogen-bond acceptors (Lipinski definition) is 2. The van der Waals surface area contributed by atoms with Crippen molar-refractivity contribution in [1.82, 2.24) is 0 Å². The number of nitrogens with zero attached hydrogens (tertiary/aromatic N) is 1. The predicted octanol–water partition coefficient (Wildman–Crippen LogP) is 2.76. The average molecular weight is 259 g/mol. The van der Waals surface area contributed by atoms with Crippen molar-refractivity contribution in [3.05, 3.63) is 34.3 Å². The van der Waals surface area contributed by atoms with Gasteiger partial charge in [-0.25, -0.2) is 0 Å². The maximum atomic E-state index is 11.3. The standard InChI is InChI=1S/C9H5BrClNO/c10-7-3-1-6(2-4-7)9(13)8(11)5-12/h1-4,8H. The van der Waals surface area contributed by atoms with E-state index in [0.717, 1.165) is 4.47 Å². The number of Topliss-reactive ketones (excluding diaryl/α,β-unsaturated/α-hetero) is 1. The van der Waals surface area contributed by atoms with Gasteiger partial charge in [0.25, 0.3) is 0 Å². The normalized spacial score (nSPS) is 11.8. The van der Waals surface area contributed by atoms with Crippen molar-refractivity contribution >= 4 is 33.3 Å². The molecule has 66 valence electrons. The van der Waals surface area contributed by atoms with Gasteiger partial charge in [-0.05, 0) is 12.1 Å². The molecule has 1 rings (SSSR count). The Kier molecular flexibility index (Phi) is 3.47. The molecule has 0 N–H and O–H groups in total. The van der Waals surface area contributed by atoms with E-state index in [2.05, 4.69) is 15.9 Å². The lowest BCUT2D eigenvalue weighted by molar-refractivity contribution is 0.100. The molecule has 1 unspecified atom stereocenters. The fraction of sp³-hybridized carbons (Fsp3) is 0.111. The topological polar surface area (TPSA) is 40.9 Å². The van der Waals surface area contributed by atoms with E-state index >= 15 is 0 Å². The third-order valence-electron chi connectivity index (χ3n) is 1.47. The van der Waals surface area contributed by atoms with Crippen LogP contribution in [0.25, 0.3) is 0 Å². The molecule has 4 heteroatoms. The van der Waals surface area contributed by atoms with Gasteiger partial charge in [-0.15, -0.1) is 0 Å². The van der Waals surface area contributed by atoms with Gasteiger partial charge in [0, 0.05) is 10.0 Å². The molecule has 0 aromatic heterocycles. The Morgan fingerprint density at radius 3 is 2.46 bits per heavy atom. The average Bonchev–Trinajstić information content (AvgIpc) is 2.17. The Labute approximate surface area is 89.3 Å². The molecule has 0 bridgehead atoms. The van der Waals surface area contributed by atoms with Gasteiger partial charge in [0.15, 0.2) is 11.2 Å². The number of alkyl halides is 1. The minimum Gasteiger partial charge on any atom is -0.291 e. The summed E-state index contributed by atoms with van der Waals surface area (Å²) in [6.45, 7) is 0. The minimum absolute atomic E-state index is 0.364. The lowest BCUT2D eigenvalue weighted by atomic mass is 10.1. The quantitative estimate of drug-likeness (QED) is 0.604. The first-order valence-electron chi connectivity index (χ1n) is 3.48. The maximum absolute atomic E-state index is 11.3. The van der Waals surface area contributed by atoms with E-state index in [1.54, 1.807) is 30.3 Å². The van der Waals surface area contributed by atoms with Crippen molar-refractivity contribution in [2.45, 2.75) is 5.38 Å². The molecular weight excluding hydrogens is 253 g/mol. The van der Waals surface area contributed by atoms with Gasteiger partial charge in [0.2, 0.25) is 0 Å². The summed E-state index contributed by atoms with van der Waals surface area (Å²) in [6.07, 6.45) is 0. The van der Waals surface area contributed by atoms with Gasteiger partial charge in [0.05, 0.1) is 6.07 Å². The fourth-order valence-electron chi connectivity index (χ4n) is 0.819. The highest BCUT2D eigenvalue weighted by Crippen LogP contribution is 2.13. The first-order chi connectivity index (χ1) is 6.15. The van der Waals surface area contributed by atoms with E-state index in [0.29, 0.717) is 5.56 Å². The highest BCUT2D eigenvalue weighted by molar-refractivity contribution is 9.10. The highest BCUT2D eigenvalue weighted by Gasteiger charge is 2.15. The summed E-state index contributed by atoms with van der Waals surface area (Å²) in [7, 11) is 0. The zero-order valence-electron chi connectivity index (χ0n) is 6.50. The molecular formula is C9H5BrClNO. The zero-order chi connectivity index (χ0) is 9.84. The van der Waals surface area contributed by atoms with Crippen molar-refractivity contribution in [2.24, 2.45) is 0 Å². The lowest BCUT2D eigenvalue weighted by Crippen LogP contribution is -2.11. The molecule has 1 aromatic rings. The van der Waals surface area contributed by atoms with Gasteiger partial charge in [-0.2, -0.15) is 5.26 Å². The summed E-state index contributed by atoms with van der Waals surface area (Å²) in [5, 5.41) is 7.31. The van der Waals surface area contributed by atoms with E-state index in [1.165, 1.54) is 0 Å². The molecule has 0 radical (unpaired) electrons. The van der Waals surface area contributed by atoms with Crippen LogP contribution in [0.2, 0.25) is 0 Å². The fourth-order valence-corrected chi connectivity index (χ4v) is 1.21.